The smallest absolute Gasteiger partial charge is 0.136 e. The third kappa shape index (κ3) is 3.50. The summed E-state index contributed by atoms with van der Waals surface area (Å²) in [5.74, 6) is 1.69. The van der Waals surface area contributed by atoms with Crippen molar-refractivity contribution in [1.82, 2.24) is 9.97 Å². The first kappa shape index (κ1) is 30.6. The minimum absolute atomic E-state index is 0.487. The molecule has 4 aliphatic rings. The number of hydrogen-bond acceptors (Lipinski definition) is 4. The van der Waals surface area contributed by atoms with Gasteiger partial charge in [0.05, 0.1) is 22.2 Å². The van der Waals surface area contributed by atoms with Crippen molar-refractivity contribution in [2.75, 3.05) is 0 Å². The molecule has 0 saturated carbocycles. The van der Waals surface area contributed by atoms with E-state index in [9.17, 15) is 0 Å². The van der Waals surface area contributed by atoms with Crippen LogP contribution in [0.4, 0.5) is 0 Å². The van der Waals surface area contributed by atoms with Gasteiger partial charge in [0.1, 0.15) is 22.7 Å². The fraction of sp³-hybridized carbons (Fsp3) is 0.0370. The summed E-state index contributed by atoms with van der Waals surface area (Å²) in [6.45, 7) is 0. The molecule has 1 unspecified atom stereocenters. The maximum atomic E-state index is 7.14. The van der Waals surface area contributed by atoms with Crippen molar-refractivity contribution in [3.8, 4) is 56.3 Å². The molecule has 3 aromatic heterocycles. The maximum Gasteiger partial charge on any atom is 0.136 e. The van der Waals surface area contributed by atoms with Gasteiger partial charge in [0, 0.05) is 45.4 Å². The van der Waals surface area contributed by atoms with Crippen molar-refractivity contribution in [2.24, 2.45) is 0 Å². The molecule has 268 valence electrons. The summed E-state index contributed by atoms with van der Waals surface area (Å²) in [6, 6.07) is 61.6. The van der Waals surface area contributed by atoms with Crippen molar-refractivity contribution in [3.63, 3.8) is 0 Å². The number of rotatable bonds is 1. The van der Waals surface area contributed by atoms with Crippen LogP contribution in [0.25, 0.3) is 66.7 Å². The molecule has 14 rings (SSSR count). The molecule has 1 atom stereocenters. The largest absolute Gasteiger partial charge is 0.457 e. The summed E-state index contributed by atoms with van der Waals surface area (Å²) in [7, 11) is 0. The summed E-state index contributed by atoms with van der Waals surface area (Å²) in [5, 5.41) is 2.22. The Hall–Kier alpha value is -7.56. The quantitative estimate of drug-likeness (QED) is 0.168. The van der Waals surface area contributed by atoms with E-state index in [2.05, 4.69) is 158 Å². The molecule has 4 heteroatoms. The molecule has 1 aliphatic heterocycles. The van der Waals surface area contributed by atoms with E-state index in [0.717, 1.165) is 78.2 Å². The van der Waals surface area contributed by atoms with Crippen LogP contribution in [0.1, 0.15) is 44.5 Å². The van der Waals surface area contributed by atoms with Gasteiger partial charge in [-0.15, -0.1) is 0 Å². The van der Waals surface area contributed by atoms with Crippen LogP contribution in [-0.2, 0) is 10.8 Å². The molecule has 3 aliphatic carbocycles. The Bertz CT molecular complexity index is 3420. The van der Waals surface area contributed by atoms with Crippen molar-refractivity contribution < 1.29 is 9.15 Å². The Kier molecular flexibility index (Phi) is 5.62. The molecular formula is C54H30N2O2. The number of aromatic nitrogens is 2. The number of para-hydroxylation sites is 2. The molecule has 0 saturated heterocycles. The van der Waals surface area contributed by atoms with E-state index in [0.29, 0.717) is 0 Å². The Labute approximate surface area is 333 Å². The van der Waals surface area contributed by atoms with E-state index in [1.54, 1.807) is 0 Å². The van der Waals surface area contributed by atoms with E-state index >= 15 is 0 Å². The van der Waals surface area contributed by atoms with Gasteiger partial charge in [0.25, 0.3) is 0 Å². The minimum atomic E-state index is -0.749. The zero-order valence-corrected chi connectivity index (χ0v) is 31.0. The molecule has 0 amide bonds. The van der Waals surface area contributed by atoms with E-state index < -0.39 is 10.8 Å². The SMILES string of the molecule is c1ccc2c(c1)Oc1cc3c(cc1C21c2cccnc2-c2ncc(-c4ccc5c(c4)oc4ccccc45)cc21)-c1ccccc1C31c2ccccc2-c2ccccc21. The first-order valence-electron chi connectivity index (χ1n) is 19.9. The fourth-order valence-electron chi connectivity index (χ4n) is 11.2. The molecule has 0 radical (unpaired) electrons. The maximum absolute atomic E-state index is 7.14. The molecule has 7 aromatic carbocycles. The molecule has 4 heterocycles. The molecule has 2 spiro atoms. The number of ether oxygens (including phenoxy) is 1. The van der Waals surface area contributed by atoms with Gasteiger partial charge in [0.15, 0.2) is 0 Å². The highest BCUT2D eigenvalue weighted by molar-refractivity contribution is 6.06. The fourth-order valence-corrected chi connectivity index (χ4v) is 11.2. The number of hydrogen-bond donors (Lipinski definition) is 0. The average molecular weight is 739 g/mol. The number of furan rings is 1. The van der Waals surface area contributed by atoms with Crippen molar-refractivity contribution in [2.45, 2.75) is 10.8 Å². The molecule has 0 fully saturated rings. The predicted octanol–water partition coefficient (Wildman–Crippen LogP) is 12.9. The van der Waals surface area contributed by atoms with Crippen LogP contribution in [0.3, 0.4) is 0 Å². The molecule has 10 aromatic rings. The Morgan fingerprint density at radius 3 is 1.78 bits per heavy atom. The van der Waals surface area contributed by atoms with Crippen LogP contribution in [0, 0.1) is 0 Å². The lowest BCUT2D eigenvalue weighted by atomic mass is 9.65. The number of fused-ring (bicyclic) bond motifs is 22. The van der Waals surface area contributed by atoms with Crippen LogP contribution in [-0.4, -0.2) is 9.97 Å². The van der Waals surface area contributed by atoms with Gasteiger partial charge in [-0.25, -0.2) is 0 Å². The highest BCUT2D eigenvalue weighted by Crippen LogP contribution is 2.67. The van der Waals surface area contributed by atoms with E-state index in [-0.39, 0.29) is 0 Å². The van der Waals surface area contributed by atoms with E-state index in [1.165, 1.54) is 44.5 Å². The Morgan fingerprint density at radius 2 is 0.983 bits per heavy atom. The highest BCUT2D eigenvalue weighted by atomic mass is 16.5. The lowest BCUT2D eigenvalue weighted by Crippen LogP contribution is -2.33. The molecule has 4 nitrogen and oxygen atoms in total. The standard InChI is InChI=1S/C54H30N2O2/c1-5-16-39-33(12-1)34-13-2-6-17-40(34)53(39)41-18-7-3-14-35(41)38-28-45-50(29-44(38)53)58-48-22-10-8-19-42(48)54(45)43-20-11-25-55-51(43)52-46(54)26-32(30-56-52)31-23-24-37-36-15-4-9-21-47(36)57-49(37)27-31/h1-30H. The van der Waals surface area contributed by atoms with Gasteiger partial charge in [-0.3, -0.25) is 9.97 Å². The summed E-state index contributed by atoms with van der Waals surface area (Å²) in [5.41, 5.74) is 18.9. The zero-order chi connectivity index (χ0) is 37.7. The normalized spacial score (nSPS) is 16.6. The minimum Gasteiger partial charge on any atom is -0.457 e. The average Bonchev–Trinajstić information content (AvgIpc) is 3.98. The molecule has 0 N–H and O–H groups in total. The monoisotopic (exact) mass is 738 g/mol. The van der Waals surface area contributed by atoms with Gasteiger partial charge >= 0.3 is 0 Å². The van der Waals surface area contributed by atoms with Crippen LogP contribution < -0.4 is 4.74 Å². The van der Waals surface area contributed by atoms with E-state index in [1.807, 2.05) is 24.5 Å². The third-order valence-electron chi connectivity index (χ3n) is 13.5. The Morgan fingerprint density at radius 1 is 0.362 bits per heavy atom. The van der Waals surface area contributed by atoms with Crippen LogP contribution in [0.5, 0.6) is 11.5 Å². The first-order valence-corrected chi connectivity index (χ1v) is 19.9. The zero-order valence-electron chi connectivity index (χ0n) is 31.0. The Balaban J connectivity index is 1.07. The second kappa shape index (κ2) is 10.6. The van der Waals surface area contributed by atoms with Gasteiger partial charge in [-0.05, 0) is 104 Å². The lowest BCUT2D eigenvalue weighted by molar-refractivity contribution is 0.435. The van der Waals surface area contributed by atoms with E-state index in [4.69, 9.17) is 19.1 Å². The number of nitrogens with zero attached hydrogens (tertiary/aromatic N) is 2. The third-order valence-corrected chi connectivity index (χ3v) is 13.5. The number of pyridine rings is 2. The van der Waals surface area contributed by atoms with Crippen molar-refractivity contribution in [1.29, 1.82) is 0 Å². The second-order valence-corrected chi connectivity index (χ2v) is 16.0. The first-order chi connectivity index (χ1) is 28.7. The van der Waals surface area contributed by atoms with Crippen molar-refractivity contribution >= 4 is 21.9 Å². The van der Waals surface area contributed by atoms with Crippen LogP contribution in [0.15, 0.2) is 187 Å². The topological polar surface area (TPSA) is 48.2 Å². The summed E-state index contributed by atoms with van der Waals surface area (Å²) in [6.07, 6.45) is 3.88. The van der Waals surface area contributed by atoms with Crippen LogP contribution in [0.2, 0.25) is 0 Å². The highest BCUT2D eigenvalue weighted by Gasteiger charge is 2.56. The van der Waals surface area contributed by atoms with Crippen LogP contribution >= 0.6 is 0 Å². The van der Waals surface area contributed by atoms with Gasteiger partial charge < -0.3 is 9.15 Å². The van der Waals surface area contributed by atoms with Gasteiger partial charge in [-0.1, -0.05) is 121 Å². The van der Waals surface area contributed by atoms with Crippen molar-refractivity contribution in [3.05, 3.63) is 227 Å². The molecule has 58 heavy (non-hydrogen) atoms. The summed E-state index contributed by atoms with van der Waals surface area (Å²) < 4.78 is 13.5. The van der Waals surface area contributed by atoms with Gasteiger partial charge in [0.2, 0.25) is 0 Å². The second-order valence-electron chi connectivity index (χ2n) is 16.0. The summed E-state index contributed by atoms with van der Waals surface area (Å²) in [4.78, 5) is 10.3. The molecule has 0 bridgehead atoms. The molecular weight excluding hydrogens is 709 g/mol. The summed E-state index contributed by atoms with van der Waals surface area (Å²) >= 11 is 0. The predicted molar refractivity (Wildman–Crippen MR) is 228 cm³/mol. The number of benzene rings is 7. The lowest BCUT2D eigenvalue weighted by Gasteiger charge is -2.40. The van der Waals surface area contributed by atoms with Gasteiger partial charge in [-0.2, -0.15) is 0 Å².